The standard InChI is InChI=1S/C33H41N3O5/c1-2-41-29-18-16-25(17-19-29)14-9-15-30(31(37)32(38)34-40)33(39)36-21-20-35(23-27-12-7-4-8-13-27)28(24-36)22-26-10-5-3-6-11-26/h3-8,10-13,16-19,28,30-31,37,40H,2,9,14-15,20-24H2,1H3,(H,34,38)/t28-,30+,31-/m0/s1. The molecular formula is C33H41N3O5. The van der Waals surface area contributed by atoms with Crippen LogP contribution in [0.4, 0.5) is 0 Å². The van der Waals surface area contributed by atoms with E-state index in [0.717, 1.165) is 24.3 Å². The van der Waals surface area contributed by atoms with Gasteiger partial charge in [0.15, 0.2) is 0 Å². The molecule has 1 saturated heterocycles. The molecule has 8 nitrogen and oxygen atoms in total. The second-order valence-electron chi connectivity index (χ2n) is 10.6. The molecule has 3 aromatic carbocycles. The lowest BCUT2D eigenvalue weighted by Gasteiger charge is -2.43. The Hall–Kier alpha value is -3.72. The van der Waals surface area contributed by atoms with Gasteiger partial charge in [0.2, 0.25) is 5.91 Å². The summed E-state index contributed by atoms with van der Waals surface area (Å²) in [5.74, 6) is -1.38. The topological polar surface area (TPSA) is 102 Å². The van der Waals surface area contributed by atoms with E-state index >= 15 is 0 Å². The fourth-order valence-corrected chi connectivity index (χ4v) is 5.54. The van der Waals surface area contributed by atoms with E-state index in [0.29, 0.717) is 45.5 Å². The Balaban J connectivity index is 1.46. The lowest BCUT2D eigenvalue weighted by Crippen LogP contribution is -2.57. The van der Waals surface area contributed by atoms with Gasteiger partial charge in [-0.2, -0.15) is 0 Å². The molecule has 0 unspecified atom stereocenters. The molecule has 218 valence electrons. The number of benzene rings is 3. The van der Waals surface area contributed by atoms with E-state index in [1.54, 1.807) is 4.90 Å². The molecule has 8 heteroatoms. The second kappa shape index (κ2) is 15.3. The maximum atomic E-state index is 13.9. The summed E-state index contributed by atoms with van der Waals surface area (Å²) in [6.07, 6.45) is 0.739. The fourth-order valence-electron chi connectivity index (χ4n) is 5.54. The van der Waals surface area contributed by atoms with Gasteiger partial charge in [-0.15, -0.1) is 0 Å². The third-order valence-corrected chi connectivity index (χ3v) is 7.75. The molecule has 3 atom stereocenters. The summed E-state index contributed by atoms with van der Waals surface area (Å²) in [5.41, 5.74) is 5.01. The van der Waals surface area contributed by atoms with Crippen LogP contribution in [0.3, 0.4) is 0 Å². The molecule has 0 aromatic heterocycles. The minimum absolute atomic E-state index is 0.0728. The SMILES string of the molecule is CCOc1ccc(CCC[C@@H](C(=O)N2CCN(Cc3ccccc3)[C@@H](Cc3ccccc3)C2)[C@H](O)C(=O)NO)cc1. The summed E-state index contributed by atoms with van der Waals surface area (Å²) in [4.78, 5) is 30.3. The number of carbonyl (C=O) groups is 2. The molecule has 1 fully saturated rings. The van der Waals surface area contributed by atoms with Gasteiger partial charge in [0.05, 0.1) is 12.5 Å². The highest BCUT2D eigenvalue weighted by Gasteiger charge is 2.38. The van der Waals surface area contributed by atoms with Crippen LogP contribution in [-0.4, -0.2) is 70.3 Å². The molecule has 0 saturated carbocycles. The Morgan fingerprint density at radius 2 is 1.59 bits per heavy atom. The van der Waals surface area contributed by atoms with Crippen LogP contribution < -0.4 is 10.2 Å². The molecule has 1 aliphatic rings. The number of aliphatic hydroxyl groups excluding tert-OH is 1. The molecule has 1 heterocycles. The van der Waals surface area contributed by atoms with Crippen molar-refractivity contribution in [2.45, 2.75) is 51.3 Å². The van der Waals surface area contributed by atoms with E-state index in [1.165, 1.54) is 16.6 Å². The smallest absolute Gasteiger partial charge is 0.272 e. The lowest BCUT2D eigenvalue weighted by atomic mass is 9.91. The van der Waals surface area contributed by atoms with E-state index in [4.69, 9.17) is 4.74 Å². The van der Waals surface area contributed by atoms with Crippen LogP contribution in [0.15, 0.2) is 84.9 Å². The maximum absolute atomic E-state index is 13.9. The molecule has 0 aliphatic carbocycles. The number of hydrogen-bond donors (Lipinski definition) is 3. The summed E-state index contributed by atoms with van der Waals surface area (Å²) >= 11 is 0. The zero-order chi connectivity index (χ0) is 29.0. The third kappa shape index (κ3) is 8.63. The summed E-state index contributed by atoms with van der Waals surface area (Å²) < 4.78 is 5.50. The lowest BCUT2D eigenvalue weighted by molar-refractivity contribution is -0.152. The normalized spacial score (nSPS) is 17.0. The minimum atomic E-state index is -1.64. The Kier molecular flexibility index (Phi) is 11.3. The third-order valence-electron chi connectivity index (χ3n) is 7.75. The highest BCUT2D eigenvalue weighted by molar-refractivity contribution is 5.88. The van der Waals surface area contributed by atoms with Gasteiger partial charge in [0.25, 0.3) is 5.91 Å². The average Bonchev–Trinajstić information content (AvgIpc) is 3.01. The Labute approximate surface area is 242 Å². The van der Waals surface area contributed by atoms with Gasteiger partial charge in [0, 0.05) is 32.2 Å². The number of aliphatic hydroxyl groups is 1. The number of aryl methyl sites for hydroxylation is 1. The molecule has 3 aromatic rings. The van der Waals surface area contributed by atoms with Crippen LogP contribution in [0.2, 0.25) is 0 Å². The van der Waals surface area contributed by atoms with Crippen LogP contribution in [0.5, 0.6) is 5.75 Å². The highest BCUT2D eigenvalue weighted by atomic mass is 16.5. The van der Waals surface area contributed by atoms with Crippen molar-refractivity contribution < 1.29 is 24.6 Å². The minimum Gasteiger partial charge on any atom is -0.494 e. The van der Waals surface area contributed by atoms with Gasteiger partial charge >= 0.3 is 0 Å². The van der Waals surface area contributed by atoms with Crippen LogP contribution in [-0.2, 0) is 29.0 Å². The first-order valence-corrected chi connectivity index (χ1v) is 14.4. The van der Waals surface area contributed by atoms with Crippen molar-refractivity contribution in [3.8, 4) is 5.75 Å². The Morgan fingerprint density at radius 3 is 2.22 bits per heavy atom. The maximum Gasteiger partial charge on any atom is 0.272 e. The largest absolute Gasteiger partial charge is 0.494 e. The van der Waals surface area contributed by atoms with Crippen LogP contribution >= 0.6 is 0 Å². The van der Waals surface area contributed by atoms with Gasteiger partial charge in [-0.1, -0.05) is 72.8 Å². The summed E-state index contributed by atoms with van der Waals surface area (Å²) in [6, 6.07) is 28.4. The van der Waals surface area contributed by atoms with Crippen LogP contribution in [0.1, 0.15) is 36.5 Å². The number of piperazine rings is 1. The molecule has 0 spiro atoms. The number of amides is 2. The van der Waals surface area contributed by atoms with Crippen molar-refractivity contribution in [1.29, 1.82) is 0 Å². The Bertz CT molecular complexity index is 1220. The van der Waals surface area contributed by atoms with E-state index in [1.807, 2.05) is 67.6 Å². The Morgan fingerprint density at radius 1 is 0.927 bits per heavy atom. The average molecular weight is 560 g/mol. The van der Waals surface area contributed by atoms with Crippen molar-refractivity contribution in [2.75, 3.05) is 26.2 Å². The van der Waals surface area contributed by atoms with Crippen molar-refractivity contribution in [3.05, 3.63) is 102 Å². The summed E-state index contributed by atoms with van der Waals surface area (Å²) in [6.45, 7) is 4.98. The molecule has 1 aliphatic heterocycles. The first kappa shape index (κ1) is 30.2. The number of rotatable bonds is 13. The zero-order valence-corrected chi connectivity index (χ0v) is 23.7. The highest BCUT2D eigenvalue weighted by Crippen LogP contribution is 2.24. The first-order valence-electron chi connectivity index (χ1n) is 14.4. The zero-order valence-electron chi connectivity index (χ0n) is 23.7. The number of nitrogens with zero attached hydrogens (tertiary/aromatic N) is 2. The molecule has 0 radical (unpaired) electrons. The molecule has 0 bridgehead atoms. The summed E-state index contributed by atoms with van der Waals surface area (Å²) in [7, 11) is 0. The van der Waals surface area contributed by atoms with Crippen molar-refractivity contribution in [1.82, 2.24) is 15.3 Å². The monoisotopic (exact) mass is 559 g/mol. The van der Waals surface area contributed by atoms with Gasteiger partial charge in [-0.05, 0) is 61.4 Å². The fraction of sp³-hybridized carbons (Fsp3) is 0.394. The molecule has 4 rings (SSSR count). The van der Waals surface area contributed by atoms with Crippen molar-refractivity contribution >= 4 is 11.8 Å². The van der Waals surface area contributed by atoms with Gasteiger partial charge in [-0.25, -0.2) is 5.48 Å². The van der Waals surface area contributed by atoms with E-state index in [2.05, 4.69) is 29.2 Å². The molecule has 2 amide bonds. The quantitative estimate of drug-likeness (QED) is 0.217. The predicted octanol–water partition coefficient (Wildman–Crippen LogP) is 3.85. The number of carbonyl (C=O) groups excluding carboxylic acids is 2. The predicted molar refractivity (Wildman–Crippen MR) is 157 cm³/mol. The van der Waals surface area contributed by atoms with E-state index in [9.17, 15) is 19.9 Å². The second-order valence-corrected chi connectivity index (χ2v) is 10.6. The number of hydrogen-bond acceptors (Lipinski definition) is 6. The molecule has 3 N–H and O–H groups in total. The van der Waals surface area contributed by atoms with Gasteiger partial charge in [0.1, 0.15) is 11.9 Å². The first-order chi connectivity index (χ1) is 20.0. The molecular weight excluding hydrogens is 518 g/mol. The van der Waals surface area contributed by atoms with Crippen LogP contribution in [0.25, 0.3) is 0 Å². The van der Waals surface area contributed by atoms with E-state index in [-0.39, 0.29) is 11.9 Å². The van der Waals surface area contributed by atoms with Crippen molar-refractivity contribution in [2.24, 2.45) is 5.92 Å². The number of nitrogens with one attached hydrogen (secondary N) is 1. The van der Waals surface area contributed by atoms with Gasteiger partial charge in [-0.3, -0.25) is 19.7 Å². The van der Waals surface area contributed by atoms with E-state index < -0.39 is 17.9 Å². The van der Waals surface area contributed by atoms with Gasteiger partial charge < -0.3 is 14.7 Å². The van der Waals surface area contributed by atoms with Crippen LogP contribution in [0, 0.1) is 5.92 Å². The molecule has 41 heavy (non-hydrogen) atoms. The van der Waals surface area contributed by atoms with Crippen molar-refractivity contribution in [3.63, 3.8) is 0 Å². The summed E-state index contributed by atoms with van der Waals surface area (Å²) in [5, 5.41) is 20.0. The number of ether oxygens (including phenoxy) is 1. The number of hydroxylamine groups is 1.